The Hall–Kier alpha value is -2.34. The summed E-state index contributed by atoms with van der Waals surface area (Å²) in [6.45, 7) is 0.939. The predicted octanol–water partition coefficient (Wildman–Crippen LogP) is 2.67. The molecule has 1 aliphatic carbocycles. The first-order valence-corrected chi connectivity index (χ1v) is 9.84. The normalized spacial score (nSPS) is 19.5. The highest BCUT2D eigenvalue weighted by atomic mass is 16.6. The predicted molar refractivity (Wildman–Crippen MR) is 101 cm³/mol. The summed E-state index contributed by atoms with van der Waals surface area (Å²) in [6.07, 6.45) is 6.81. The first kappa shape index (κ1) is 18.0. The number of aliphatic hydroxyl groups is 1. The Morgan fingerprint density at radius 3 is 2.70 bits per heavy atom. The highest BCUT2D eigenvalue weighted by molar-refractivity contribution is 5.29. The average molecular weight is 370 g/mol. The van der Waals surface area contributed by atoms with Crippen LogP contribution in [0.1, 0.15) is 49.3 Å². The van der Waals surface area contributed by atoms with Gasteiger partial charge in [-0.25, -0.2) is 0 Å². The van der Waals surface area contributed by atoms with Gasteiger partial charge in [0, 0.05) is 24.8 Å². The minimum Gasteiger partial charge on any atom is -0.490 e. The van der Waals surface area contributed by atoms with Crippen molar-refractivity contribution in [2.75, 3.05) is 13.2 Å². The summed E-state index contributed by atoms with van der Waals surface area (Å²) in [7, 11) is 0. The van der Waals surface area contributed by atoms with Crippen LogP contribution >= 0.6 is 0 Å². The molecule has 1 fully saturated rings. The van der Waals surface area contributed by atoms with Gasteiger partial charge >= 0.3 is 0 Å². The number of rotatable bonds is 6. The number of hydrogen-bond donors (Lipinski definition) is 1. The molecular weight excluding hydrogens is 344 g/mol. The second-order valence-corrected chi connectivity index (χ2v) is 7.41. The van der Waals surface area contributed by atoms with Gasteiger partial charge in [-0.2, -0.15) is 4.98 Å². The summed E-state index contributed by atoms with van der Waals surface area (Å²) in [5, 5.41) is 9.18. The molecule has 1 aliphatic heterocycles. The van der Waals surface area contributed by atoms with E-state index in [0.717, 1.165) is 11.4 Å². The van der Waals surface area contributed by atoms with E-state index in [9.17, 15) is 9.90 Å². The Bertz CT molecular complexity index is 825. The van der Waals surface area contributed by atoms with Crippen molar-refractivity contribution in [3.63, 3.8) is 0 Å². The molecule has 6 heteroatoms. The minimum absolute atomic E-state index is 0.0165. The number of aromatic nitrogens is 2. The van der Waals surface area contributed by atoms with Gasteiger partial charge in [-0.05, 0) is 36.5 Å². The zero-order chi connectivity index (χ0) is 18.6. The Kier molecular flexibility index (Phi) is 5.43. The Labute approximate surface area is 158 Å². The highest BCUT2D eigenvalue weighted by Crippen LogP contribution is 2.33. The van der Waals surface area contributed by atoms with Crippen LogP contribution in [0, 0.1) is 0 Å². The molecule has 0 bridgehead atoms. The minimum atomic E-state index is -0.343. The van der Waals surface area contributed by atoms with Crippen LogP contribution in [-0.4, -0.2) is 34.0 Å². The van der Waals surface area contributed by atoms with E-state index in [-0.39, 0.29) is 18.3 Å². The fourth-order valence-electron chi connectivity index (χ4n) is 4.08. The van der Waals surface area contributed by atoms with Gasteiger partial charge in [-0.3, -0.25) is 9.36 Å². The second-order valence-electron chi connectivity index (χ2n) is 7.41. The Morgan fingerprint density at radius 1 is 1.19 bits per heavy atom. The van der Waals surface area contributed by atoms with Crippen molar-refractivity contribution >= 4 is 0 Å². The number of ether oxygens (including phenoxy) is 2. The number of benzene rings is 1. The monoisotopic (exact) mass is 370 g/mol. The van der Waals surface area contributed by atoms with Gasteiger partial charge in [0.15, 0.2) is 6.10 Å². The average Bonchev–Trinajstić information content (AvgIpc) is 3.11. The van der Waals surface area contributed by atoms with Gasteiger partial charge < -0.3 is 14.6 Å². The SMILES string of the molecule is O=c1cc(CCO)n2c(n1)OC(COc1ccc(C3CCCCC3)cc1)C2. The van der Waals surface area contributed by atoms with E-state index in [1.54, 1.807) is 0 Å². The van der Waals surface area contributed by atoms with Crippen LogP contribution in [0.2, 0.25) is 0 Å². The van der Waals surface area contributed by atoms with Crippen LogP contribution in [0.25, 0.3) is 0 Å². The standard InChI is InChI=1S/C21H26N2O4/c24-11-10-17-12-20(25)22-21-23(17)13-19(27-21)14-26-18-8-6-16(7-9-18)15-4-2-1-3-5-15/h6-9,12,15,19,24H,1-5,10-11,13-14H2. The maximum absolute atomic E-state index is 11.7. The van der Waals surface area contributed by atoms with E-state index < -0.39 is 0 Å². The first-order chi connectivity index (χ1) is 13.2. The highest BCUT2D eigenvalue weighted by Gasteiger charge is 2.26. The summed E-state index contributed by atoms with van der Waals surface area (Å²) < 4.78 is 13.5. The number of fused-ring (bicyclic) bond motifs is 1. The van der Waals surface area contributed by atoms with Crippen molar-refractivity contribution in [3.8, 4) is 11.8 Å². The van der Waals surface area contributed by atoms with E-state index in [1.807, 2.05) is 16.7 Å². The maximum atomic E-state index is 11.7. The van der Waals surface area contributed by atoms with Crippen LogP contribution in [0.5, 0.6) is 11.8 Å². The van der Waals surface area contributed by atoms with E-state index >= 15 is 0 Å². The number of hydrogen-bond acceptors (Lipinski definition) is 5. The van der Waals surface area contributed by atoms with Crippen molar-refractivity contribution in [3.05, 3.63) is 51.9 Å². The summed E-state index contributed by atoms with van der Waals surface area (Å²) in [5.41, 5.74) is 1.80. The Balaban J connectivity index is 1.35. The maximum Gasteiger partial charge on any atom is 0.300 e. The smallest absolute Gasteiger partial charge is 0.300 e. The van der Waals surface area contributed by atoms with Crippen molar-refractivity contribution in [1.29, 1.82) is 0 Å². The lowest BCUT2D eigenvalue weighted by Crippen LogP contribution is -2.23. The lowest BCUT2D eigenvalue weighted by atomic mass is 9.84. The lowest BCUT2D eigenvalue weighted by Gasteiger charge is -2.22. The van der Waals surface area contributed by atoms with Gasteiger partial charge in [0.2, 0.25) is 0 Å². The molecular formula is C21H26N2O4. The third-order valence-corrected chi connectivity index (χ3v) is 5.49. The second kappa shape index (κ2) is 8.13. The molecule has 1 aromatic carbocycles. The van der Waals surface area contributed by atoms with Crippen LogP contribution in [0.15, 0.2) is 35.1 Å². The molecule has 2 aromatic rings. The molecule has 1 unspecified atom stereocenters. The molecule has 27 heavy (non-hydrogen) atoms. The molecule has 6 nitrogen and oxygen atoms in total. The van der Waals surface area contributed by atoms with Crippen molar-refractivity contribution in [2.24, 2.45) is 0 Å². The van der Waals surface area contributed by atoms with Gasteiger partial charge in [0.25, 0.3) is 11.6 Å². The van der Waals surface area contributed by atoms with Crippen LogP contribution in [0.4, 0.5) is 0 Å². The van der Waals surface area contributed by atoms with Gasteiger partial charge in [-0.1, -0.05) is 31.4 Å². The largest absolute Gasteiger partial charge is 0.490 e. The molecule has 0 saturated heterocycles. The molecule has 1 N–H and O–H groups in total. The summed E-state index contributed by atoms with van der Waals surface area (Å²) in [5.74, 6) is 1.52. The zero-order valence-electron chi connectivity index (χ0n) is 15.5. The molecule has 0 spiro atoms. The van der Waals surface area contributed by atoms with Crippen LogP contribution in [-0.2, 0) is 13.0 Å². The quantitative estimate of drug-likeness (QED) is 0.846. The van der Waals surface area contributed by atoms with Crippen molar-refractivity contribution in [1.82, 2.24) is 9.55 Å². The first-order valence-electron chi connectivity index (χ1n) is 9.84. The summed E-state index contributed by atoms with van der Waals surface area (Å²) in [4.78, 5) is 15.6. The van der Waals surface area contributed by atoms with Gasteiger partial charge in [-0.15, -0.1) is 0 Å². The summed E-state index contributed by atoms with van der Waals surface area (Å²) in [6, 6.07) is 10.2. The van der Waals surface area contributed by atoms with E-state index in [1.165, 1.54) is 43.7 Å². The molecule has 1 atom stereocenters. The van der Waals surface area contributed by atoms with Crippen LogP contribution in [0.3, 0.4) is 0 Å². The van der Waals surface area contributed by atoms with Crippen molar-refractivity contribution in [2.45, 2.75) is 57.1 Å². The third kappa shape index (κ3) is 4.16. The van der Waals surface area contributed by atoms with E-state index in [2.05, 4.69) is 17.1 Å². The van der Waals surface area contributed by atoms with Crippen molar-refractivity contribution < 1.29 is 14.6 Å². The molecule has 2 aliphatic rings. The van der Waals surface area contributed by atoms with Gasteiger partial charge in [0.1, 0.15) is 12.4 Å². The topological polar surface area (TPSA) is 73.6 Å². The third-order valence-electron chi connectivity index (χ3n) is 5.49. The fourth-order valence-corrected chi connectivity index (χ4v) is 4.08. The lowest BCUT2D eigenvalue weighted by molar-refractivity contribution is 0.143. The number of nitrogens with zero attached hydrogens (tertiary/aromatic N) is 2. The van der Waals surface area contributed by atoms with E-state index in [4.69, 9.17) is 9.47 Å². The molecule has 4 rings (SSSR count). The molecule has 0 amide bonds. The van der Waals surface area contributed by atoms with Gasteiger partial charge in [0.05, 0.1) is 6.54 Å². The molecule has 2 heterocycles. The summed E-state index contributed by atoms with van der Waals surface area (Å²) >= 11 is 0. The fraction of sp³-hybridized carbons (Fsp3) is 0.524. The molecule has 0 radical (unpaired) electrons. The zero-order valence-corrected chi connectivity index (χ0v) is 15.5. The Morgan fingerprint density at radius 2 is 1.96 bits per heavy atom. The van der Waals surface area contributed by atoms with E-state index in [0.29, 0.717) is 31.5 Å². The van der Waals surface area contributed by atoms with Crippen LogP contribution < -0.4 is 15.0 Å². The molecule has 1 saturated carbocycles. The molecule has 144 valence electrons. The molecule has 1 aromatic heterocycles. The number of aliphatic hydroxyl groups excluding tert-OH is 1.